The maximum atomic E-state index is 13.7. The summed E-state index contributed by atoms with van der Waals surface area (Å²) < 4.78 is 13.7. The predicted molar refractivity (Wildman–Crippen MR) is 108 cm³/mol. The van der Waals surface area contributed by atoms with E-state index in [2.05, 4.69) is 30.5 Å². The number of amides is 1. The normalized spacial score (nSPS) is 16.5. The van der Waals surface area contributed by atoms with E-state index in [1.165, 1.54) is 6.07 Å². The SMILES string of the molecule is O=C(CN1CCC[C@@H]1c1ccc(Nc2ncccn2)cn1)Nc1ccccc1F. The van der Waals surface area contributed by atoms with Crippen molar-refractivity contribution in [3.63, 3.8) is 0 Å². The third kappa shape index (κ3) is 4.72. The molecule has 29 heavy (non-hydrogen) atoms. The molecule has 8 heteroatoms. The lowest BCUT2D eigenvalue weighted by atomic mass is 10.1. The van der Waals surface area contributed by atoms with Crippen LogP contribution in [0.25, 0.3) is 0 Å². The van der Waals surface area contributed by atoms with Crippen molar-refractivity contribution in [1.82, 2.24) is 19.9 Å². The van der Waals surface area contributed by atoms with Gasteiger partial charge in [0.1, 0.15) is 5.82 Å². The third-order valence-corrected chi connectivity index (χ3v) is 4.81. The average molecular weight is 392 g/mol. The van der Waals surface area contributed by atoms with E-state index in [1.54, 1.807) is 42.9 Å². The van der Waals surface area contributed by atoms with Gasteiger partial charge in [-0.25, -0.2) is 14.4 Å². The second-order valence-corrected chi connectivity index (χ2v) is 6.83. The van der Waals surface area contributed by atoms with Crippen molar-refractivity contribution in [2.24, 2.45) is 0 Å². The van der Waals surface area contributed by atoms with Crippen molar-refractivity contribution in [3.05, 3.63) is 72.6 Å². The molecule has 0 unspecified atom stereocenters. The van der Waals surface area contributed by atoms with Crippen LogP contribution in [-0.2, 0) is 4.79 Å². The quantitative estimate of drug-likeness (QED) is 0.668. The zero-order valence-electron chi connectivity index (χ0n) is 15.8. The van der Waals surface area contributed by atoms with Gasteiger partial charge in [-0.3, -0.25) is 14.7 Å². The summed E-state index contributed by atoms with van der Waals surface area (Å²) in [6, 6.07) is 11.9. The van der Waals surface area contributed by atoms with Crippen LogP contribution in [0.15, 0.2) is 61.1 Å². The van der Waals surface area contributed by atoms with Gasteiger partial charge >= 0.3 is 0 Å². The van der Waals surface area contributed by atoms with Crippen LogP contribution in [-0.4, -0.2) is 38.8 Å². The zero-order chi connectivity index (χ0) is 20.1. The Balaban J connectivity index is 1.39. The van der Waals surface area contributed by atoms with Gasteiger partial charge in [0.25, 0.3) is 0 Å². The minimum Gasteiger partial charge on any atom is -0.323 e. The smallest absolute Gasteiger partial charge is 0.238 e. The number of nitrogens with one attached hydrogen (secondary N) is 2. The van der Waals surface area contributed by atoms with Crippen molar-refractivity contribution in [2.75, 3.05) is 23.7 Å². The second-order valence-electron chi connectivity index (χ2n) is 6.83. The number of para-hydroxylation sites is 1. The van der Waals surface area contributed by atoms with Crippen molar-refractivity contribution in [2.45, 2.75) is 18.9 Å². The molecular weight excluding hydrogens is 371 g/mol. The monoisotopic (exact) mass is 392 g/mol. The van der Waals surface area contributed by atoms with Crippen LogP contribution in [0.4, 0.5) is 21.7 Å². The number of carbonyl (C=O) groups is 1. The highest BCUT2D eigenvalue weighted by atomic mass is 19.1. The molecule has 0 radical (unpaired) electrons. The van der Waals surface area contributed by atoms with E-state index in [0.29, 0.717) is 5.95 Å². The maximum Gasteiger partial charge on any atom is 0.238 e. The number of halogens is 1. The Hall–Kier alpha value is -3.39. The summed E-state index contributed by atoms with van der Waals surface area (Å²) in [7, 11) is 0. The molecule has 1 aromatic carbocycles. The van der Waals surface area contributed by atoms with E-state index in [-0.39, 0.29) is 24.2 Å². The highest BCUT2D eigenvalue weighted by Crippen LogP contribution is 2.31. The highest BCUT2D eigenvalue weighted by molar-refractivity contribution is 5.92. The first-order valence-corrected chi connectivity index (χ1v) is 9.47. The number of benzene rings is 1. The summed E-state index contributed by atoms with van der Waals surface area (Å²) in [5.41, 5.74) is 1.90. The Bertz CT molecular complexity index is 966. The molecule has 1 atom stereocenters. The summed E-state index contributed by atoms with van der Waals surface area (Å²) >= 11 is 0. The standard InChI is InChI=1S/C21H21FN6O/c22-16-5-1-2-6-17(16)27-20(29)14-28-12-3-7-19(28)18-9-8-15(13-25-18)26-21-23-10-4-11-24-21/h1-2,4-6,8-11,13,19H,3,7,12,14H2,(H,27,29)(H,23,24,26)/t19-/m1/s1. The molecule has 1 aliphatic heterocycles. The molecule has 2 aromatic heterocycles. The Labute approximate surface area is 168 Å². The summed E-state index contributed by atoms with van der Waals surface area (Å²) in [6.07, 6.45) is 6.98. The first-order valence-electron chi connectivity index (χ1n) is 9.47. The number of hydrogen-bond acceptors (Lipinski definition) is 6. The number of rotatable bonds is 6. The number of likely N-dealkylation sites (tertiary alicyclic amines) is 1. The Morgan fingerprint density at radius 1 is 1.10 bits per heavy atom. The molecule has 1 saturated heterocycles. The lowest BCUT2D eigenvalue weighted by Crippen LogP contribution is -2.33. The minimum absolute atomic E-state index is 0.0587. The van der Waals surface area contributed by atoms with Gasteiger partial charge in [0.2, 0.25) is 11.9 Å². The van der Waals surface area contributed by atoms with Crippen molar-refractivity contribution in [3.8, 4) is 0 Å². The van der Waals surface area contributed by atoms with Gasteiger partial charge < -0.3 is 10.6 Å². The van der Waals surface area contributed by atoms with Crippen LogP contribution in [0, 0.1) is 5.82 Å². The summed E-state index contributed by atoms with van der Waals surface area (Å²) in [6.45, 7) is 0.993. The van der Waals surface area contributed by atoms with Crippen LogP contribution in [0.1, 0.15) is 24.6 Å². The molecule has 148 valence electrons. The van der Waals surface area contributed by atoms with E-state index in [0.717, 1.165) is 30.8 Å². The molecule has 1 amide bonds. The van der Waals surface area contributed by atoms with Gasteiger partial charge in [0, 0.05) is 12.4 Å². The third-order valence-electron chi connectivity index (χ3n) is 4.81. The molecule has 3 heterocycles. The number of aromatic nitrogens is 3. The minimum atomic E-state index is -0.439. The number of hydrogen-bond donors (Lipinski definition) is 2. The number of nitrogens with zero attached hydrogens (tertiary/aromatic N) is 4. The van der Waals surface area contributed by atoms with Crippen molar-refractivity contribution >= 4 is 23.2 Å². The van der Waals surface area contributed by atoms with E-state index in [1.807, 2.05) is 12.1 Å². The van der Waals surface area contributed by atoms with Crippen LogP contribution in [0.2, 0.25) is 0 Å². The van der Waals surface area contributed by atoms with Crippen LogP contribution in [0.5, 0.6) is 0 Å². The van der Waals surface area contributed by atoms with Gasteiger partial charge in [-0.15, -0.1) is 0 Å². The molecule has 0 spiro atoms. The molecule has 0 saturated carbocycles. The number of carbonyl (C=O) groups excluding carboxylic acids is 1. The predicted octanol–water partition coefficient (Wildman–Crippen LogP) is 3.53. The summed E-state index contributed by atoms with van der Waals surface area (Å²) in [5, 5.41) is 5.75. The highest BCUT2D eigenvalue weighted by Gasteiger charge is 2.28. The first-order chi connectivity index (χ1) is 14.2. The topological polar surface area (TPSA) is 83.0 Å². The fourth-order valence-corrected chi connectivity index (χ4v) is 3.46. The fourth-order valence-electron chi connectivity index (χ4n) is 3.46. The van der Waals surface area contributed by atoms with Gasteiger partial charge in [-0.1, -0.05) is 12.1 Å². The van der Waals surface area contributed by atoms with Gasteiger partial charge in [0.15, 0.2) is 0 Å². The van der Waals surface area contributed by atoms with Crippen LogP contribution >= 0.6 is 0 Å². The maximum absolute atomic E-state index is 13.7. The average Bonchev–Trinajstić information content (AvgIpc) is 3.19. The number of pyridine rings is 1. The van der Waals surface area contributed by atoms with E-state index in [9.17, 15) is 9.18 Å². The molecule has 7 nitrogen and oxygen atoms in total. The fraction of sp³-hybridized carbons (Fsp3) is 0.238. The van der Waals surface area contributed by atoms with Crippen molar-refractivity contribution in [1.29, 1.82) is 0 Å². The zero-order valence-corrected chi connectivity index (χ0v) is 15.8. The van der Waals surface area contributed by atoms with Gasteiger partial charge in [-0.05, 0) is 49.7 Å². The largest absolute Gasteiger partial charge is 0.323 e. The molecular formula is C21H21FN6O. The van der Waals surface area contributed by atoms with Gasteiger partial charge in [-0.2, -0.15) is 0 Å². The summed E-state index contributed by atoms with van der Waals surface area (Å²) in [4.78, 5) is 27.3. The lowest BCUT2D eigenvalue weighted by Gasteiger charge is -2.23. The molecule has 3 aromatic rings. The van der Waals surface area contributed by atoms with Crippen LogP contribution in [0.3, 0.4) is 0 Å². The molecule has 1 aliphatic rings. The molecule has 0 bridgehead atoms. The molecule has 1 fully saturated rings. The van der Waals surface area contributed by atoms with E-state index < -0.39 is 5.82 Å². The molecule has 4 rings (SSSR count). The molecule has 2 N–H and O–H groups in total. The summed E-state index contributed by atoms with van der Waals surface area (Å²) in [5.74, 6) is -0.165. The molecule has 0 aliphatic carbocycles. The van der Waals surface area contributed by atoms with Crippen molar-refractivity contribution < 1.29 is 9.18 Å². The van der Waals surface area contributed by atoms with E-state index in [4.69, 9.17) is 0 Å². The van der Waals surface area contributed by atoms with Gasteiger partial charge in [0.05, 0.1) is 35.9 Å². The number of anilines is 3. The first kappa shape index (κ1) is 18.9. The Morgan fingerprint density at radius 3 is 2.69 bits per heavy atom. The second kappa shape index (κ2) is 8.74. The van der Waals surface area contributed by atoms with E-state index >= 15 is 0 Å². The Morgan fingerprint density at radius 2 is 1.93 bits per heavy atom. The lowest BCUT2D eigenvalue weighted by molar-refractivity contribution is -0.117. The van der Waals surface area contributed by atoms with Crippen LogP contribution < -0.4 is 10.6 Å². The Kier molecular flexibility index (Phi) is 5.71.